The van der Waals surface area contributed by atoms with Gasteiger partial charge in [0.15, 0.2) is 5.96 Å². The Morgan fingerprint density at radius 2 is 1.88 bits per heavy atom. The number of nitrogens with zero attached hydrogens (tertiary/aromatic N) is 1. The van der Waals surface area contributed by atoms with Crippen molar-refractivity contribution in [3.05, 3.63) is 30.1 Å². The van der Waals surface area contributed by atoms with Crippen molar-refractivity contribution >= 4 is 11.9 Å². The maximum absolute atomic E-state index is 12.9. The molecule has 1 amide bonds. The SMILES string of the molecule is CN=C(NCC(=O)NC(C)(C)C)NCC(C)Oc1ccc(F)cc1. The summed E-state index contributed by atoms with van der Waals surface area (Å²) in [5, 5.41) is 8.88. The minimum atomic E-state index is -0.300. The smallest absolute Gasteiger partial charge is 0.239 e. The van der Waals surface area contributed by atoms with Crippen LogP contribution in [0.4, 0.5) is 4.39 Å². The van der Waals surface area contributed by atoms with E-state index in [1.165, 1.54) is 12.1 Å². The number of benzene rings is 1. The van der Waals surface area contributed by atoms with Crippen LogP contribution >= 0.6 is 0 Å². The van der Waals surface area contributed by atoms with Gasteiger partial charge in [-0.1, -0.05) is 0 Å². The summed E-state index contributed by atoms with van der Waals surface area (Å²) in [5.74, 6) is 0.694. The Hall–Kier alpha value is -2.31. The van der Waals surface area contributed by atoms with E-state index in [9.17, 15) is 9.18 Å². The van der Waals surface area contributed by atoms with E-state index >= 15 is 0 Å². The van der Waals surface area contributed by atoms with Crippen molar-refractivity contribution in [2.45, 2.75) is 39.3 Å². The van der Waals surface area contributed by atoms with Gasteiger partial charge in [-0.3, -0.25) is 9.79 Å². The summed E-state index contributed by atoms with van der Waals surface area (Å²) in [7, 11) is 1.63. The molecule has 0 heterocycles. The van der Waals surface area contributed by atoms with Gasteiger partial charge in [0, 0.05) is 12.6 Å². The summed E-state index contributed by atoms with van der Waals surface area (Å²) in [6.07, 6.45) is -0.155. The highest BCUT2D eigenvalue weighted by Gasteiger charge is 2.14. The van der Waals surface area contributed by atoms with Gasteiger partial charge in [0.2, 0.25) is 5.91 Å². The first kappa shape index (κ1) is 19.7. The average molecular weight is 338 g/mol. The first-order valence-corrected chi connectivity index (χ1v) is 7.87. The summed E-state index contributed by atoms with van der Waals surface area (Å²) in [6.45, 7) is 8.27. The number of halogens is 1. The largest absolute Gasteiger partial charge is 0.489 e. The van der Waals surface area contributed by atoms with Gasteiger partial charge in [0.05, 0.1) is 13.1 Å². The fraction of sp³-hybridized carbons (Fsp3) is 0.529. The third kappa shape index (κ3) is 8.36. The molecular weight excluding hydrogens is 311 g/mol. The van der Waals surface area contributed by atoms with E-state index in [1.807, 2.05) is 27.7 Å². The fourth-order valence-electron chi connectivity index (χ4n) is 1.87. The molecule has 24 heavy (non-hydrogen) atoms. The molecule has 7 heteroatoms. The Kier molecular flexibility index (Phi) is 7.48. The molecule has 0 fully saturated rings. The second-order valence-electron chi connectivity index (χ2n) is 6.49. The lowest BCUT2D eigenvalue weighted by Crippen LogP contribution is -2.49. The molecule has 3 N–H and O–H groups in total. The van der Waals surface area contributed by atoms with Crippen LogP contribution in [0.15, 0.2) is 29.3 Å². The Balaban J connectivity index is 2.35. The second kappa shape index (κ2) is 9.10. The van der Waals surface area contributed by atoms with E-state index in [2.05, 4.69) is 20.9 Å². The lowest BCUT2D eigenvalue weighted by molar-refractivity contribution is -0.121. The van der Waals surface area contributed by atoms with Crippen LogP contribution in [-0.4, -0.2) is 43.6 Å². The number of nitrogens with one attached hydrogen (secondary N) is 3. The number of amides is 1. The van der Waals surface area contributed by atoms with Crippen LogP contribution in [0.5, 0.6) is 5.75 Å². The van der Waals surface area contributed by atoms with Gasteiger partial charge in [-0.25, -0.2) is 4.39 Å². The van der Waals surface area contributed by atoms with Crippen LogP contribution in [0.2, 0.25) is 0 Å². The van der Waals surface area contributed by atoms with Crippen LogP contribution < -0.4 is 20.7 Å². The normalized spacial score (nSPS) is 13.2. The minimum Gasteiger partial charge on any atom is -0.489 e. The number of carbonyl (C=O) groups excluding carboxylic acids is 1. The Morgan fingerprint density at radius 3 is 2.42 bits per heavy atom. The van der Waals surface area contributed by atoms with Crippen LogP contribution in [0.1, 0.15) is 27.7 Å². The van der Waals surface area contributed by atoms with Crippen molar-refractivity contribution in [2.24, 2.45) is 4.99 Å². The summed E-state index contributed by atoms with van der Waals surface area (Å²) in [6, 6.07) is 5.86. The van der Waals surface area contributed by atoms with Gasteiger partial charge in [0.25, 0.3) is 0 Å². The van der Waals surface area contributed by atoms with Crippen LogP contribution in [0.25, 0.3) is 0 Å². The Bertz CT molecular complexity index is 553. The molecule has 0 aliphatic rings. The summed E-state index contributed by atoms with van der Waals surface area (Å²) >= 11 is 0. The molecule has 6 nitrogen and oxygen atoms in total. The first-order chi connectivity index (χ1) is 11.2. The van der Waals surface area contributed by atoms with Crippen molar-refractivity contribution in [3.8, 4) is 5.75 Å². The molecule has 0 saturated carbocycles. The van der Waals surface area contributed by atoms with Crippen molar-refractivity contribution in [3.63, 3.8) is 0 Å². The summed E-state index contributed by atoms with van der Waals surface area (Å²) < 4.78 is 18.5. The molecular formula is C17H27FN4O2. The fourth-order valence-corrected chi connectivity index (χ4v) is 1.87. The van der Waals surface area contributed by atoms with E-state index in [0.717, 1.165) is 0 Å². The third-order valence-electron chi connectivity index (χ3n) is 2.86. The highest BCUT2D eigenvalue weighted by Crippen LogP contribution is 2.12. The molecule has 134 valence electrons. The minimum absolute atomic E-state index is 0.110. The van der Waals surface area contributed by atoms with Gasteiger partial charge < -0.3 is 20.7 Å². The van der Waals surface area contributed by atoms with Crippen LogP contribution in [-0.2, 0) is 4.79 Å². The van der Waals surface area contributed by atoms with Gasteiger partial charge in [-0.15, -0.1) is 0 Å². The van der Waals surface area contributed by atoms with Crippen molar-refractivity contribution in [1.29, 1.82) is 0 Å². The molecule has 0 aliphatic heterocycles. The summed E-state index contributed by atoms with van der Waals surface area (Å²) in [4.78, 5) is 15.8. The monoisotopic (exact) mass is 338 g/mol. The van der Waals surface area contributed by atoms with E-state index < -0.39 is 0 Å². The van der Waals surface area contributed by atoms with E-state index in [0.29, 0.717) is 18.3 Å². The molecule has 0 saturated heterocycles. The van der Waals surface area contributed by atoms with E-state index in [4.69, 9.17) is 4.74 Å². The first-order valence-electron chi connectivity index (χ1n) is 7.87. The molecule has 1 rings (SSSR count). The number of ether oxygens (including phenoxy) is 1. The third-order valence-corrected chi connectivity index (χ3v) is 2.86. The molecule has 0 spiro atoms. The van der Waals surface area contributed by atoms with Gasteiger partial charge >= 0.3 is 0 Å². The number of rotatable bonds is 6. The second-order valence-corrected chi connectivity index (χ2v) is 6.49. The molecule has 1 aromatic rings. The van der Waals surface area contributed by atoms with Gasteiger partial charge in [0.1, 0.15) is 17.7 Å². The Labute approximate surface area is 142 Å². The predicted octanol–water partition coefficient (Wildman–Crippen LogP) is 1.67. The number of guanidine groups is 1. The van der Waals surface area contributed by atoms with E-state index in [1.54, 1.807) is 19.2 Å². The van der Waals surface area contributed by atoms with Crippen molar-refractivity contribution in [1.82, 2.24) is 16.0 Å². The quantitative estimate of drug-likeness (QED) is 0.545. The Morgan fingerprint density at radius 1 is 1.25 bits per heavy atom. The zero-order chi connectivity index (χ0) is 18.2. The summed E-state index contributed by atoms with van der Waals surface area (Å²) in [5.41, 5.74) is -0.271. The van der Waals surface area contributed by atoms with Gasteiger partial charge in [-0.05, 0) is 52.0 Å². The van der Waals surface area contributed by atoms with Crippen molar-refractivity contribution < 1.29 is 13.9 Å². The number of carbonyl (C=O) groups is 1. The zero-order valence-electron chi connectivity index (χ0n) is 14.9. The van der Waals surface area contributed by atoms with Crippen molar-refractivity contribution in [2.75, 3.05) is 20.1 Å². The maximum Gasteiger partial charge on any atom is 0.239 e. The molecule has 0 aromatic heterocycles. The highest BCUT2D eigenvalue weighted by atomic mass is 19.1. The number of hydrogen-bond acceptors (Lipinski definition) is 3. The lowest BCUT2D eigenvalue weighted by Gasteiger charge is -2.21. The van der Waals surface area contributed by atoms with Crippen LogP contribution in [0, 0.1) is 5.82 Å². The molecule has 0 radical (unpaired) electrons. The van der Waals surface area contributed by atoms with E-state index in [-0.39, 0.29) is 29.9 Å². The lowest BCUT2D eigenvalue weighted by atomic mass is 10.1. The van der Waals surface area contributed by atoms with Gasteiger partial charge in [-0.2, -0.15) is 0 Å². The number of aliphatic imine (C=N–C) groups is 1. The molecule has 1 atom stereocenters. The topological polar surface area (TPSA) is 74.8 Å². The molecule has 0 aliphatic carbocycles. The van der Waals surface area contributed by atoms with Crippen LogP contribution in [0.3, 0.4) is 0 Å². The molecule has 1 unspecified atom stereocenters. The molecule has 0 bridgehead atoms. The number of hydrogen-bond donors (Lipinski definition) is 3. The standard InChI is InChI=1S/C17H27FN4O2/c1-12(24-14-8-6-13(18)7-9-14)10-20-16(19-5)21-11-15(23)22-17(2,3)4/h6-9,12H,10-11H2,1-5H3,(H,22,23)(H2,19,20,21). The molecule has 1 aromatic carbocycles. The maximum atomic E-state index is 12.9. The average Bonchev–Trinajstić information content (AvgIpc) is 2.48. The zero-order valence-corrected chi connectivity index (χ0v) is 14.9. The highest BCUT2D eigenvalue weighted by molar-refractivity contribution is 5.86. The predicted molar refractivity (Wildman–Crippen MR) is 93.8 cm³/mol.